The summed E-state index contributed by atoms with van der Waals surface area (Å²) in [4.78, 5) is 14.0. The summed E-state index contributed by atoms with van der Waals surface area (Å²) in [6.07, 6.45) is 7.83. The number of carbonyl (C=O) groups is 1. The van der Waals surface area contributed by atoms with E-state index < -0.39 is 0 Å². The van der Waals surface area contributed by atoms with Gasteiger partial charge in [-0.3, -0.25) is 14.2 Å². The number of rotatable bonds is 6. The maximum atomic E-state index is 14.0. The molecule has 2 atom stereocenters. The summed E-state index contributed by atoms with van der Waals surface area (Å²) in [5.41, 5.74) is 8.77. The van der Waals surface area contributed by atoms with Crippen molar-refractivity contribution < 1.29 is 4.79 Å². The normalized spacial score (nSPS) is 13.9. The van der Waals surface area contributed by atoms with Crippen molar-refractivity contribution in [3.63, 3.8) is 0 Å². The fourth-order valence-electron chi connectivity index (χ4n) is 4.85. The minimum Gasteiger partial charge on any atom is -0.298 e. The monoisotopic (exact) mass is 510 g/mol. The lowest BCUT2D eigenvalue weighted by Gasteiger charge is -2.25. The van der Waals surface area contributed by atoms with E-state index in [0.717, 1.165) is 33.4 Å². The van der Waals surface area contributed by atoms with Gasteiger partial charge in [-0.25, -0.2) is 0 Å². The number of Topliss-reactive ketones (excluding diaryl/α,β-unsaturated/α-hetero) is 1. The zero-order chi connectivity index (χ0) is 28.0. The van der Waals surface area contributed by atoms with Crippen molar-refractivity contribution in [2.75, 3.05) is 0 Å². The smallest absolute Gasteiger partial charge is 0.147 e. The third-order valence-electron chi connectivity index (χ3n) is 7.57. The van der Waals surface area contributed by atoms with Gasteiger partial charge in [-0.2, -0.15) is 10.2 Å². The van der Waals surface area contributed by atoms with Crippen LogP contribution >= 0.6 is 0 Å². The van der Waals surface area contributed by atoms with Crippen molar-refractivity contribution in [1.82, 2.24) is 19.6 Å². The molecule has 0 saturated heterocycles. The Labute approximate surface area is 227 Å². The predicted octanol–water partition coefficient (Wildman–Crippen LogP) is 7.56. The van der Waals surface area contributed by atoms with E-state index in [2.05, 4.69) is 88.1 Å². The van der Waals surface area contributed by atoms with Crippen LogP contribution < -0.4 is 0 Å². The Morgan fingerprint density at radius 2 is 1.00 bits per heavy atom. The molecule has 0 N–H and O–H groups in total. The maximum Gasteiger partial charge on any atom is 0.147 e. The topological polar surface area (TPSA) is 52.7 Å². The third kappa shape index (κ3) is 5.82. The predicted molar refractivity (Wildman–Crippen MR) is 157 cm³/mol. The summed E-state index contributed by atoms with van der Waals surface area (Å²) >= 11 is 0. The van der Waals surface area contributed by atoms with Crippen LogP contribution in [0.1, 0.15) is 89.5 Å². The molecule has 0 amide bonds. The molecule has 4 rings (SSSR count). The molecule has 0 fully saturated rings. The van der Waals surface area contributed by atoms with E-state index in [4.69, 9.17) is 0 Å². The Morgan fingerprint density at radius 1 is 0.632 bits per heavy atom. The van der Waals surface area contributed by atoms with Crippen LogP contribution in [0.5, 0.6) is 0 Å². The largest absolute Gasteiger partial charge is 0.298 e. The van der Waals surface area contributed by atoms with Crippen LogP contribution in [0.3, 0.4) is 0 Å². The first-order chi connectivity index (χ1) is 17.6. The molecule has 2 heterocycles. The molecule has 2 aromatic carbocycles. The van der Waals surface area contributed by atoms with Gasteiger partial charge in [0.15, 0.2) is 0 Å². The highest BCUT2D eigenvalue weighted by Gasteiger charge is 2.27. The van der Waals surface area contributed by atoms with Crippen LogP contribution in [0.2, 0.25) is 0 Å². The number of aromatic nitrogens is 4. The lowest BCUT2D eigenvalue weighted by atomic mass is 9.78. The number of carbonyl (C=O) groups excluding carboxylic acids is 1. The van der Waals surface area contributed by atoms with Crippen LogP contribution in [0, 0.1) is 0 Å². The number of hydrogen-bond acceptors (Lipinski definition) is 3. The van der Waals surface area contributed by atoms with Crippen LogP contribution in [0.15, 0.2) is 61.2 Å². The first-order valence-corrected chi connectivity index (χ1v) is 13.5. The van der Waals surface area contributed by atoms with E-state index >= 15 is 0 Å². The van der Waals surface area contributed by atoms with Crippen molar-refractivity contribution >= 4 is 5.78 Å². The highest BCUT2D eigenvalue weighted by atomic mass is 16.1. The van der Waals surface area contributed by atoms with Crippen molar-refractivity contribution in [2.24, 2.45) is 14.1 Å². The molecule has 2 unspecified atom stereocenters. The molecule has 0 aliphatic carbocycles. The van der Waals surface area contributed by atoms with Crippen LogP contribution in [0.25, 0.3) is 22.3 Å². The summed E-state index contributed by atoms with van der Waals surface area (Å²) in [6, 6.07) is 13.2. The first kappa shape index (κ1) is 27.6. The molecule has 0 aliphatic rings. The van der Waals surface area contributed by atoms with E-state index in [-0.39, 0.29) is 28.4 Å². The van der Waals surface area contributed by atoms with Crippen LogP contribution in [-0.4, -0.2) is 25.3 Å². The highest BCUT2D eigenvalue weighted by molar-refractivity contribution is 5.92. The number of nitrogens with zero attached hydrogens (tertiary/aromatic N) is 4. The van der Waals surface area contributed by atoms with Gasteiger partial charge in [0.1, 0.15) is 5.78 Å². The molecule has 2 aromatic heterocycles. The molecule has 5 heteroatoms. The lowest BCUT2D eigenvalue weighted by molar-refractivity contribution is -0.121. The second kappa shape index (κ2) is 10.0. The average Bonchev–Trinajstić information content (AvgIpc) is 3.49. The standard InChI is InChI=1S/C33H42N4O/c1-21(23-11-25(27-17-34-36(9)19-27)15-29(13-23)32(3,4)5)31(38)22(2)24-12-26(28-18-35-37(10)20-28)16-30(14-24)33(6,7)8/h11-22H,1-10H3. The minimum absolute atomic E-state index is 0.0407. The molecule has 0 bridgehead atoms. The summed E-state index contributed by atoms with van der Waals surface area (Å²) in [7, 11) is 3.86. The van der Waals surface area contributed by atoms with Crippen molar-refractivity contribution in [3.8, 4) is 22.3 Å². The fourth-order valence-corrected chi connectivity index (χ4v) is 4.85. The van der Waals surface area contributed by atoms with Gasteiger partial charge >= 0.3 is 0 Å². The number of aryl methyl sites for hydroxylation is 2. The van der Waals surface area contributed by atoms with Gasteiger partial charge in [0.05, 0.1) is 12.4 Å². The average molecular weight is 511 g/mol. The SMILES string of the molecule is CC(C(=O)C(C)c1cc(-c2cnn(C)c2)cc(C(C)(C)C)c1)c1cc(-c2cnn(C)c2)cc(C(C)(C)C)c1. The number of hydrogen-bond donors (Lipinski definition) is 0. The van der Waals surface area contributed by atoms with E-state index in [0.29, 0.717) is 0 Å². The quantitative estimate of drug-likeness (QED) is 0.269. The molecule has 0 spiro atoms. The Hall–Kier alpha value is -3.47. The molecule has 5 nitrogen and oxygen atoms in total. The second-order valence-electron chi connectivity index (χ2n) is 12.8. The van der Waals surface area contributed by atoms with Crippen molar-refractivity contribution in [3.05, 3.63) is 83.4 Å². The van der Waals surface area contributed by atoms with Gasteiger partial charge in [0.25, 0.3) is 0 Å². The van der Waals surface area contributed by atoms with E-state index in [1.54, 1.807) is 0 Å². The number of ketones is 1. The van der Waals surface area contributed by atoms with Crippen molar-refractivity contribution in [1.29, 1.82) is 0 Å². The minimum atomic E-state index is -0.247. The molecule has 38 heavy (non-hydrogen) atoms. The zero-order valence-corrected chi connectivity index (χ0v) is 24.6. The van der Waals surface area contributed by atoms with Gasteiger partial charge in [-0.1, -0.05) is 91.8 Å². The summed E-state index contributed by atoms with van der Waals surface area (Å²) in [5.74, 6) is -0.276. The summed E-state index contributed by atoms with van der Waals surface area (Å²) < 4.78 is 3.63. The van der Waals surface area contributed by atoms with Gasteiger partial charge in [0.2, 0.25) is 0 Å². The summed E-state index contributed by atoms with van der Waals surface area (Å²) in [5, 5.41) is 8.74. The molecular weight excluding hydrogens is 468 g/mol. The van der Waals surface area contributed by atoms with Crippen LogP contribution in [0.4, 0.5) is 0 Å². The third-order valence-corrected chi connectivity index (χ3v) is 7.57. The van der Waals surface area contributed by atoms with Crippen molar-refractivity contribution in [2.45, 2.75) is 78.1 Å². The Morgan fingerprint density at radius 3 is 1.29 bits per heavy atom. The second-order valence-corrected chi connectivity index (χ2v) is 12.8. The van der Waals surface area contributed by atoms with E-state index in [1.807, 2.05) is 62.1 Å². The van der Waals surface area contributed by atoms with Gasteiger partial charge in [-0.05, 0) is 44.2 Å². The molecule has 0 aliphatic heterocycles. The van der Waals surface area contributed by atoms with E-state index in [1.165, 1.54) is 11.1 Å². The van der Waals surface area contributed by atoms with Gasteiger partial charge in [0, 0.05) is 49.5 Å². The first-order valence-electron chi connectivity index (χ1n) is 13.5. The summed E-state index contributed by atoms with van der Waals surface area (Å²) in [6.45, 7) is 17.4. The maximum absolute atomic E-state index is 14.0. The van der Waals surface area contributed by atoms with E-state index in [9.17, 15) is 4.79 Å². The Kier molecular flexibility index (Phi) is 7.26. The highest BCUT2D eigenvalue weighted by Crippen LogP contribution is 2.36. The Balaban J connectivity index is 1.74. The molecule has 0 saturated carbocycles. The lowest BCUT2D eigenvalue weighted by Crippen LogP contribution is -2.19. The molecule has 0 radical (unpaired) electrons. The number of benzene rings is 2. The molecular formula is C33H42N4O. The Bertz CT molecular complexity index is 1350. The fraction of sp³-hybridized carbons (Fsp3) is 0.424. The molecule has 200 valence electrons. The van der Waals surface area contributed by atoms with Gasteiger partial charge in [-0.15, -0.1) is 0 Å². The van der Waals surface area contributed by atoms with Crippen LogP contribution in [-0.2, 0) is 29.7 Å². The zero-order valence-electron chi connectivity index (χ0n) is 24.6. The van der Waals surface area contributed by atoms with Gasteiger partial charge < -0.3 is 0 Å². The molecule has 4 aromatic rings.